The van der Waals surface area contributed by atoms with Crippen LogP contribution in [0.4, 0.5) is 0 Å². The van der Waals surface area contributed by atoms with Crippen LogP contribution in [-0.2, 0) is 7.05 Å². The lowest BCUT2D eigenvalue weighted by molar-refractivity contribution is 0.766. The van der Waals surface area contributed by atoms with Crippen LogP contribution in [0.3, 0.4) is 0 Å². The maximum Gasteiger partial charge on any atom is 0.125 e. The predicted molar refractivity (Wildman–Crippen MR) is 72.1 cm³/mol. The van der Waals surface area contributed by atoms with E-state index in [0.717, 1.165) is 21.2 Å². The fourth-order valence-corrected chi connectivity index (χ4v) is 2.93. The average Bonchev–Trinajstić information content (AvgIpc) is 2.62. The minimum atomic E-state index is 0.0476. The highest BCUT2D eigenvalue weighted by Crippen LogP contribution is 2.31. The van der Waals surface area contributed by atoms with Crippen molar-refractivity contribution in [2.24, 2.45) is 12.8 Å². The van der Waals surface area contributed by atoms with Gasteiger partial charge >= 0.3 is 0 Å². The van der Waals surface area contributed by atoms with Crippen LogP contribution in [0.5, 0.6) is 0 Å². The first-order chi connectivity index (χ1) is 8.47. The lowest BCUT2D eigenvalue weighted by Gasteiger charge is -2.10. The lowest BCUT2D eigenvalue weighted by atomic mass is 10.1. The summed E-state index contributed by atoms with van der Waals surface area (Å²) in [5, 5.41) is 11.8. The Hall–Kier alpha value is -1.82. The fraction of sp³-hybridized carbons (Fsp3) is 0.250. The molecule has 6 heteroatoms. The molecule has 0 saturated carbocycles. The quantitative estimate of drug-likeness (QED) is 0.653. The molecule has 94 valence electrons. The first kappa shape index (κ1) is 12.6. The van der Waals surface area contributed by atoms with Crippen LogP contribution in [0.2, 0.25) is 0 Å². The number of hydrogen-bond acceptors (Lipinski definition) is 4. The van der Waals surface area contributed by atoms with Gasteiger partial charge in [-0.2, -0.15) is 5.10 Å². The summed E-state index contributed by atoms with van der Waals surface area (Å²) in [4.78, 5) is 6.31. The Morgan fingerprint density at radius 1 is 1.44 bits per heavy atom. The summed E-state index contributed by atoms with van der Waals surface area (Å²) in [7, 11) is 1.87. The molecular weight excluding hydrogens is 246 g/mol. The van der Waals surface area contributed by atoms with Crippen molar-refractivity contribution in [1.82, 2.24) is 14.8 Å². The molecule has 0 saturated heterocycles. The van der Waals surface area contributed by atoms with Crippen molar-refractivity contribution in [2.45, 2.75) is 23.6 Å². The van der Waals surface area contributed by atoms with Crippen molar-refractivity contribution in [3.8, 4) is 0 Å². The minimum absolute atomic E-state index is 0.0476. The molecule has 18 heavy (non-hydrogen) atoms. The minimum Gasteiger partial charge on any atom is -0.384 e. The van der Waals surface area contributed by atoms with Crippen LogP contribution in [0.1, 0.15) is 17.0 Å². The van der Waals surface area contributed by atoms with E-state index >= 15 is 0 Å². The van der Waals surface area contributed by atoms with E-state index in [1.807, 2.05) is 33.2 Å². The van der Waals surface area contributed by atoms with Gasteiger partial charge < -0.3 is 5.73 Å². The summed E-state index contributed by atoms with van der Waals surface area (Å²) in [6.07, 6.45) is 3.72. The first-order valence-corrected chi connectivity index (χ1v) is 6.28. The van der Waals surface area contributed by atoms with Crippen molar-refractivity contribution >= 4 is 17.6 Å². The molecule has 0 aromatic carbocycles. The van der Waals surface area contributed by atoms with E-state index in [0.29, 0.717) is 5.56 Å². The van der Waals surface area contributed by atoms with Crippen molar-refractivity contribution in [1.29, 1.82) is 5.41 Å². The molecule has 0 spiro atoms. The molecule has 0 atom stereocenters. The Morgan fingerprint density at radius 2 is 2.17 bits per heavy atom. The molecule has 0 aliphatic carbocycles. The van der Waals surface area contributed by atoms with Crippen molar-refractivity contribution < 1.29 is 0 Å². The summed E-state index contributed by atoms with van der Waals surface area (Å²) >= 11 is 1.55. The highest BCUT2D eigenvalue weighted by Gasteiger charge is 2.13. The Bertz CT molecular complexity index is 603. The van der Waals surface area contributed by atoms with E-state index < -0.39 is 0 Å². The molecule has 2 aromatic heterocycles. The van der Waals surface area contributed by atoms with Gasteiger partial charge in [0.1, 0.15) is 5.84 Å². The molecule has 0 fully saturated rings. The second kappa shape index (κ2) is 4.81. The number of aryl methyl sites for hydroxylation is 3. The summed E-state index contributed by atoms with van der Waals surface area (Å²) in [6, 6.07) is 1.95. The summed E-state index contributed by atoms with van der Waals surface area (Å²) in [6.45, 7) is 3.81. The van der Waals surface area contributed by atoms with E-state index in [2.05, 4.69) is 10.1 Å². The molecule has 2 aromatic rings. The van der Waals surface area contributed by atoms with Crippen LogP contribution < -0.4 is 5.73 Å². The summed E-state index contributed by atoms with van der Waals surface area (Å²) in [5.74, 6) is 0.0476. The van der Waals surface area contributed by atoms with Gasteiger partial charge in [0.2, 0.25) is 0 Å². The Morgan fingerprint density at radius 3 is 2.72 bits per heavy atom. The molecular formula is C12H15N5S. The molecule has 3 N–H and O–H groups in total. The van der Waals surface area contributed by atoms with E-state index in [-0.39, 0.29) is 5.84 Å². The molecule has 0 aliphatic heterocycles. The van der Waals surface area contributed by atoms with Gasteiger partial charge in [0.05, 0.1) is 16.7 Å². The lowest BCUT2D eigenvalue weighted by Crippen LogP contribution is -2.15. The van der Waals surface area contributed by atoms with Crippen molar-refractivity contribution in [2.75, 3.05) is 0 Å². The molecule has 2 heterocycles. The largest absolute Gasteiger partial charge is 0.384 e. The monoisotopic (exact) mass is 261 g/mol. The zero-order valence-electron chi connectivity index (χ0n) is 10.6. The number of nitrogens with two attached hydrogens (primary N) is 1. The van der Waals surface area contributed by atoms with Crippen molar-refractivity contribution in [3.63, 3.8) is 0 Å². The van der Waals surface area contributed by atoms with Gasteiger partial charge in [0.25, 0.3) is 0 Å². The molecule has 0 aliphatic rings. The number of amidine groups is 1. The number of hydrogen-bond donors (Lipinski definition) is 2. The number of nitrogens with zero attached hydrogens (tertiary/aromatic N) is 3. The highest BCUT2D eigenvalue weighted by atomic mass is 32.2. The van der Waals surface area contributed by atoms with Crippen molar-refractivity contribution in [3.05, 3.63) is 35.4 Å². The van der Waals surface area contributed by atoms with Gasteiger partial charge in [0, 0.05) is 29.5 Å². The third kappa shape index (κ3) is 2.53. The summed E-state index contributed by atoms with van der Waals surface area (Å²) < 4.78 is 1.75. The van der Waals surface area contributed by atoms with Gasteiger partial charge in [-0.15, -0.1) is 0 Å². The van der Waals surface area contributed by atoms with Gasteiger partial charge in [-0.05, 0) is 19.9 Å². The van der Waals surface area contributed by atoms with Crippen LogP contribution in [0, 0.1) is 19.3 Å². The molecule has 5 nitrogen and oxygen atoms in total. The number of pyridine rings is 1. The molecule has 2 rings (SSSR count). The van der Waals surface area contributed by atoms with E-state index in [4.69, 9.17) is 11.1 Å². The predicted octanol–water partition coefficient (Wildman–Crippen LogP) is 1.87. The maximum absolute atomic E-state index is 7.66. The average molecular weight is 261 g/mol. The second-order valence-electron chi connectivity index (χ2n) is 4.09. The van der Waals surface area contributed by atoms with Gasteiger partial charge in [-0.1, -0.05) is 11.8 Å². The number of nitrogens with one attached hydrogen (secondary N) is 1. The molecule has 0 unspecified atom stereocenters. The second-order valence-corrected chi connectivity index (χ2v) is 5.20. The standard InChI is InChI=1S/C12H15N5S/c1-7-4-10(11(12(13)14)8(2)16-7)18-9-5-15-17(3)6-9/h4-6H,1-3H3,(H3,13,14). The van der Waals surface area contributed by atoms with Crippen LogP contribution in [0.25, 0.3) is 0 Å². The number of nitrogen functional groups attached to an aromatic ring is 1. The zero-order chi connectivity index (χ0) is 13.3. The number of rotatable bonds is 3. The third-order valence-corrected chi connectivity index (χ3v) is 3.46. The zero-order valence-corrected chi connectivity index (χ0v) is 11.4. The normalized spacial score (nSPS) is 10.6. The maximum atomic E-state index is 7.66. The summed E-state index contributed by atoms with van der Waals surface area (Å²) in [5.41, 5.74) is 8.04. The highest BCUT2D eigenvalue weighted by molar-refractivity contribution is 7.99. The van der Waals surface area contributed by atoms with Gasteiger partial charge in [-0.3, -0.25) is 15.1 Å². The molecule has 0 bridgehead atoms. The molecule has 0 radical (unpaired) electrons. The van der Waals surface area contributed by atoms with Crippen LogP contribution in [0.15, 0.2) is 28.3 Å². The Kier molecular flexibility index (Phi) is 3.38. The van der Waals surface area contributed by atoms with Crippen LogP contribution in [-0.4, -0.2) is 20.6 Å². The first-order valence-electron chi connectivity index (χ1n) is 5.46. The SMILES string of the molecule is Cc1cc(Sc2cnn(C)c2)c(C(=N)N)c(C)n1. The molecule has 0 amide bonds. The van der Waals surface area contributed by atoms with E-state index in [1.54, 1.807) is 22.6 Å². The third-order valence-electron chi connectivity index (χ3n) is 2.47. The topological polar surface area (TPSA) is 80.6 Å². The fourth-order valence-electron chi connectivity index (χ4n) is 1.78. The number of aromatic nitrogens is 3. The smallest absolute Gasteiger partial charge is 0.125 e. The van der Waals surface area contributed by atoms with Gasteiger partial charge in [-0.25, -0.2) is 0 Å². The van der Waals surface area contributed by atoms with E-state index in [1.165, 1.54) is 0 Å². The van der Waals surface area contributed by atoms with Crippen LogP contribution >= 0.6 is 11.8 Å². The Labute approximate surface area is 110 Å². The van der Waals surface area contributed by atoms with E-state index in [9.17, 15) is 0 Å². The Balaban J connectivity index is 2.45. The van der Waals surface area contributed by atoms with Gasteiger partial charge in [0.15, 0.2) is 0 Å².